The second kappa shape index (κ2) is 8.80. The minimum atomic E-state index is 0.0985. The third-order valence-electron chi connectivity index (χ3n) is 3.46. The van der Waals surface area contributed by atoms with Crippen LogP contribution in [-0.4, -0.2) is 33.2 Å². The first kappa shape index (κ1) is 18.4. The summed E-state index contributed by atoms with van der Waals surface area (Å²) >= 11 is 12.0. The molecule has 6 nitrogen and oxygen atoms in total. The number of anilines is 3. The van der Waals surface area contributed by atoms with Crippen molar-refractivity contribution in [2.45, 2.75) is 6.42 Å². The molecular weight excluding hydrogens is 373 g/mol. The zero-order valence-electron chi connectivity index (χ0n) is 13.8. The molecule has 0 saturated heterocycles. The maximum Gasteiger partial charge on any atom is 0.225 e. The van der Waals surface area contributed by atoms with E-state index in [0.29, 0.717) is 40.5 Å². The van der Waals surface area contributed by atoms with E-state index >= 15 is 0 Å². The van der Waals surface area contributed by atoms with Crippen LogP contribution in [0.25, 0.3) is 11.4 Å². The monoisotopic (exact) mass is 389 g/mol. The van der Waals surface area contributed by atoms with Crippen LogP contribution in [0, 0.1) is 0 Å². The largest absolute Gasteiger partial charge is 0.396 e. The molecule has 0 bridgehead atoms. The highest BCUT2D eigenvalue weighted by Crippen LogP contribution is 2.28. The Hall–Kier alpha value is -2.41. The van der Waals surface area contributed by atoms with Gasteiger partial charge in [-0.3, -0.25) is 4.98 Å². The standard InChI is InChI=1S/C18H17Cl2N5O/c19-13-6-5-12(10-14(13)20)23-17-11-16(15-4-1-2-7-21-15)24-18(25-17)22-8-3-9-26/h1-2,4-7,10-11,26H,3,8-9H2,(H2,22,23,24,25). The molecule has 2 heterocycles. The van der Waals surface area contributed by atoms with Crippen LogP contribution in [0.4, 0.5) is 17.5 Å². The van der Waals surface area contributed by atoms with E-state index in [0.717, 1.165) is 11.4 Å². The van der Waals surface area contributed by atoms with Gasteiger partial charge in [0, 0.05) is 31.1 Å². The number of hydrogen-bond donors (Lipinski definition) is 3. The zero-order valence-corrected chi connectivity index (χ0v) is 15.3. The van der Waals surface area contributed by atoms with Crippen molar-refractivity contribution in [2.75, 3.05) is 23.8 Å². The van der Waals surface area contributed by atoms with E-state index < -0.39 is 0 Å². The molecule has 0 amide bonds. The average molecular weight is 390 g/mol. The maximum atomic E-state index is 8.95. The van der Waals surface area contributed by atoms with Crippen molar-refractivity contribution in [2.24, 2.45) is 0 Å². The molecule has 1 aromatic carbocycles. The molecular formula is C18H17Cl2N5O. The molecule has 0 spiro atoms. The van der Waals surface area contributed by atoms with Gasteiger partial charge in [-0.2, -0.15) is 4.98 Å². The first-order valence-corrected chi connectivity index (χ1v) is 8.78. The molecule has 0 fully saturated rings. The first-order chi connectivity index (χ1) is 12.7. The fourth-order valence-electron chi connectivity index (χ4n) is 2.24. The lowest BCUT2D eigenvalue weighted by atomic mass is 10.2. The molecule has 0 radical (unpaired) electrons. The third kappa shape index (κ3) is 4.82. The molecule has 2 aromatic heterocycles. The summed E-state index contributed by atoms with van der Waals surface area (Å²) < 4.78 is 0. The molecule has 8 heteroatoms. The fourth-order valence-corrected chi connectivity index (χ4v) is 2.53. The highest BCUT2D eigenvalue weighted by molar-refractivity contribution is 6.42. The summed E-state index contributed by atoms with van der Waals surface area (Å²) in [5.74, 6) is 1.04. The number of rotatable bonds is 7. The highest BCUT2D eigenvalue weighted by atomic mass is 35.5. The number of hydrogen-bond acceptors (Lipinski definition) is 6. The molecule has 3 rings (SSSR count). The molecule has 0 aliphatic carbocycles. The van der Waals surface area contributed by atoms with Gasteiger partial charge in [0.2, 0.25) is 5.95 Å². The quantitative estimate of drug-likeness (QED) is 0.520. The van der Waals surface area contributed by atoms with Gasteiger partial charge in [-0.15, -0.1) is 0 Å². The summed E-state index contributed by atoms with van der Waals surface area (Å²) in [6.45, 7) is 0.662. The van der Waals surface area contributed by atoms with E-state index in [9.17, 15) is 0 Å². The van der Waals surface area contributed by atoms with Crippen LogP contribution in [0.1, 0.15) is 6.42 Å². The summed E-state index contributed by atoms with van der Waals surface area (Å²) in [7, 11) is 0. The van der Waals surface area contributed by atoms with E-state index in [4.69, 9.17) is 28.3 Å². The molecule has 0 unspecified atom stereocenters. The Morgan fingerprint density at radius 1 is 0.962 bits per heavy atom. The fraction of sp³-hybridized carbons (Fsp3) is 0.167. The average Bonchev–Trinajstić information content (AvgIpc) is 2.66. The Morgan fingerprint density at radius 2 is 1.85 bits per heavy atom. The number of pyridine rings is 1. The van der Waals surface area contributed by atoms with Gasteiger partial charge in [0.1, 0.15) is 5.82 Å². The van der Waals surface area contributed by atoms with Crippen molar-refractivity contribution in [3.63, 3.8) is 0 Å². The van der Waals surface area contributed by atoms with E-state index in [1.54, 1.807) is 18.3 Å². The molecule has 3 N–H and O–H groups in total. The Labute approximate surface area is 161 Å². The Kier molecular flexibility index (Phi) is 6.22. The number of halogens is 2. The van der Waals surface area contributed by atoms with Crippen LogP contribution in [0.5, 0.6) is 0 Å². The summed E-state index contributed by atoms with van der Waals surface area (Å²) in [4.78, 5) is 13.3. The Bertz CT molecular complexity index is 877. The molecule has 3 aromatic rings. The number of nitrogens with one attached hydrogen (secondary N) is 2. The summed E-state index contributed by atoms with van der Waals surface area (Å²) in [5, 5.41) is 16.2. The first-order valence-electron chi connectivity index (χ1n) is 8.03. The van der Waals surface area contributed by atoms with E-state index in [-0.39, 0.29) is 6.61 Å². The van der Waals surface area contributed by atoms with Gasteiger partial charge in [0.25, 0.3) is 0 Å². The van der Waals surface area contributed by atoms with Crippen molar-refractivity contribution in [3.8, 4) is 11.4 Å². The summed E-state index contributed by atoms with van der Waals surface area (Å²) in [5.41, 5.74) is 2.17. The van der Waals surface area contributed by atoms with Gasteiger partial charge in [0.05, 0.1) is 21.4 Å². The van der Waals surface area contributed by atoms with Gasteiger partial charge >= 0.3 is 0 Å². The minimum absolute atomic E-state index is 0.0985. The zero-order chi connectivity index (χ0) is 18.4. The second-order valence-electron chi connectivity index (χ2n) is 5.43. The van der Waals surface area contributed by atoms with Crippen LogP contribution in [0.15, 0.2) is 48.7 Å². The number of nitrogens with zero attached hydrogens (tertiary/aromatic N) is 3. The summed E-state index contributed by atoms with van der Waals surface area (Å²) in [6.07, 6.45) is 2.31. The van der Waals surface area contributed by atoms with Crippen LogP contribution in [0.3, 0.4) is 0 Å². The predicted octanol–water partition coefficient (Wildman–Crippen LogP) is 4.38. The van der Waals surface area contributed by atoms with Gasteiger partial charge in [-0.25, -0.2) is 4.98 Å². The number of aliphatic hydroxyl groups excluding tert-OH is 1. The molecule has 0 atom stereocenters. The van der Waals surface area contributed by atoms with Crippen molar-refractivity contribution in [3.05, 3.63) is 58.7 Å². The molecule has 0 aliphatic rings. The van der Waals surface area contributed by atoms with Crippen molar-refractivity contribution < 1.29 is 5.11 Å². The van der Waals surface area contributed by atoms with Crippen molar-refractivity contribution in [1.82, 2.24) is 15.0 Å². The van der Waals surface area contributed by atoms with Gasteiger partial charge in [-0.05, 0) is 36.8 Å². The Balaban J connectivity index is 1.91. The number of benzene rings is 1. The molecule has 26 heavy (non-hydrogen) atoms. The lowest BCUT2D eigenvalue weighted by Crippen LogP contribution is -2.09. The predicted molar refractivity (Wildman–Crippen MR) is 105 cm³/mol. The lowest BCUT2D eigenvalue weighted by Gasteiger charge is -2.11. The third-order valence-corrected chi connectivity index (χ3v) is 4.20. The Morgan fingerprint density at radius 3 is 2.58 bits per heavy atom. The van der Waals surface area contributed by atoms with Crippen LogP contribution in [-0.2, 0) is 0 Å². The molecule has 0 aliphatic heterocycles. The second-order valence-corrected chi connectivity index (χ2v) is 6.25. The van der Waals surface area contributed by atoms with E-state index in [2.05, 4.69) is 25.6 Å². The van der Waals surface area contributed by atoms with Crippen LogP contribution in [0.2, 0.25) is 10.0 Å². The topological polar surface area (TPSA) is 83.0 Å². The van der Waals surface area contributed by atoms with Gasteiger partial charge < -0.3 is 15.7 Å². The van der Waals surface area contributed by atoms with Crippen LogP contribution < -0.4 is 10.6 Å². The number of aliphatic hydroxyl groups is 1. The van der Waals surface area contributed by atoms with Crippen LogP contribution >= 0.6 is 23.2 Å². The smallest absolute Gasteiger partial charge is 0.225 e. The maximum absolute atomic E-state index is 8.95. The van der Waals surface area contributed by atoms with Gasteiger partial charge in [0.15, 0.2) is 0 Å². The van der Waals surface area contributed by atoms with Crippen molar-refractivity contribution in [1.29, 1.82) is 0 Å². The van der Waals surface area contributed by atoms with Gasteiger partial charge in [-0.1, -0.05) is 29.3 Å². The minimum Gasteiger partial charge on any atom is -0.396 e. The SMILES string of the molecule is OCCCNc1nc(Nc2ccc(Cl)c(Cl)c2)cc(-c2ccccn2)n1. The normalized spacial score (nSPS) is 10.6. The van der Waals surface area contributed by atoms with E-state index in [1.807, 2.05) is 30.3 Å². The molecule has 134 valence electrons. The summed E-state index contributed by atoms with van der Waals surface area (Å²) in [6, 6.07) is 12.7. The molecule has 0 saturated carbocycles. The van der Waals surface area contributed by atoms with Crippen molar-refractivity contribution >= 4 is 40.7 Å². The number of aromatic nitrogens is 3. The lowest BCUT2D eigenvalue weighted by molar-refractivity contribution is 0.292. The van der Waals surface area contributed by atoms with E-state index in [1.165, 1.54) is 0 Å². The highest BCUT2D eigenvalue weighted by Gasteiger charge is 2.09.